The second-order valence-corrected chi connectivity index (χ2v) is 7.81. The first-order chi connectivity index (χ1) is 14.0. The molecule has 0 aliphatic carbocycles. The van der Waals surface area contributed by atoms with E-state index in [0.29, 0.717) is 31.7 Å². The van der Waals surface area contributed by atoms with E-state index in [1.807, 2.05) is 0 Å². The summed E-state index contributed by atoms with van der Waals surface area (Å²) in [5, 5.41) is 17.3. The van der Waals surface area contributed by atoms with Crippen LogP contribution in [-0.2, 0) is 6.42 Å². The number of hydrogen-bond donors (Lipinski definition) is 3. The van der Waals surface area contributed by atoms with E-state index in [1.54, 1.807) is 4.52 Å². The predicted molar refractivity (Wildman–Crippen MR) is 108 cm³/mol. The number of benzene rings is 1. The number of nitrogens with zero attached hydrogens (tertiary/aromatic N) is 5. The Hall–Kier alpha value is -3.36. The van der Waals surface area contributed by atoms with Crippen LogP contribution in [0.1, 0.15) is 47.4 Å². The van der Waals surface area contributed by atoms with Crippen molar-refractivity contribution in [2.75, 3.05) is 24.1 Å². The van der Waals surface area contributed by atoms with E-state index in [9.17, 15) is 9.90 Å². The lowest BCUT2D eigenvalue weighted by Crippen LogP contribution is -2.37. The van der Waals surface area contributed by atoms with Gasteiger partial charge in [0.25, 0.3) is 0 Å². The molecule has 5 rings (SSSR count). The van der Waals surface area contributed by atoms with Crippen LogP contribution >= 0.6 is 0 Å². The van der Waals surface area contributed by atoms with Gasteiger partial charge in [0.2, 0.25) is 0 Å². The van der Waals surface area contributed by atoms with Gasteiger partial charge in [-0.3, -0.25) is 0 Å². The van der Waals surface area contributed by atoms with Crippen molar-refractivity contribution in [3.63, 3.8) is 0 Å². The number of likely N-dealkylation sites (tertiary alicyclic amines) is 1. The molecular weight excluding hydrogens is 370 g/mol. The number of rotatable bonds is 2. The highest BCUT2D eigenvalue weighted by Gasteiger charge is 2.32. The lowest BCUT2D eigenvalue weighted by atomic mass is 9.96. The highest BCUT2D eigenvalue weighted by atomic mass is 16.4. The van der Waals surface area contributed by atoms with Crippen LogP contribution in [0.2, 0.25) is 0 Å². The third kappa shape index (κ3) is 2.84. The second-order valence-electron chi connectivity index (χ2n) is 7.81. The lowest BCUT2D eigenvalue weighted by Gasteiger charge is -2.29. The average Bonchev–Trinajstić information content (AvgIpc) is 3.31. The lowest BCUT2D eigenvalue weighted by molar-refractivity contribution is 0.131. The topological polar surface area (TPSA) is 122 Å². The number of imidazole rings is 1. The van der Waals surface area contributed by atoms with Gasteiger partial charge in [-0.05, 0) is 30.9 Å². The molecule has 3 aromatic rings. The number of fused-ring (bicyclic) bond motifs is 2. The third-order valence-corrected chi connectivity index (χ3v) is 6.08. The molecule has 2 aromatic heterocycles. The minimum Gasteiger partial charge on any atom is -0.465 e. The molecule has 4 N–H and O–H groups in total. The van der Waals surface area contributed by atoms with Crippen molar-refractivity contribution in [1.82, 2.24) is 24.5 Å². The van der Waals surface area contributed by atoms with Gasteiger partial charge in [0.15, 0.2) is 5.82 Å². The first-order valence-corrected chi connectivity index (χ1v) is 9.85. The zero-order valence-electron chi connectivity index (χ0n) is 16.2. The number of aromatic nitrogens is 4. The molecule has 29 heavy (non-hydrogen) atoms. The number of amides is 1. The smallest absolute Gasteiger partial charge is 0.407 e. The number of carbonyl (C=O) groups is 1. The maximum atomic E-state index is 11.2. The van der Waals surface area contributed by atoms with Crippen molar-refractivity contribution in [3.05, 3.63) is 47.2 Å². The Kier molecular flexibility index (Phi) is 4.04. The number of anilines is 2. The Morgan fingerprint density at radius 3 is 2.83 bits per heavy atom. The summed E-state index contributed by atoms with van der Waals surface area (Å²) < 4.78 is 1.80. The number of nitrogen functional groups attached to an aromatic ring is 1. The number of nitrogens with one attached hydrogen (secondary N) is 1. The minimum absolute atomic E-state index is 0.00209. The fourth-order valence-corrected chi connectivity index (χ4v) is 4.56. The second kappa shape index (κ2) is 6.61. The monoisotopic (exact) mass is 393 g/mol. The van der Waals surface area contributed by atoms with E-state index in [2.05, 4.69) is 40.5 Å². The van der Waals surface area contributed by atoms with Gasteiger partial charge in [0.1, 0.15) is 17.7 Å². The molecule has 2 aliphatic rings. The molecule has 9 nitrogen and oxygen atoms in total. The Morgan fingerprint density at radius 2 is 2.10 bits per heavy atom. The molecule has 0 bridgehead atoms. The molecule has 1 amide bonds. The van der Waals surface area contributed by atoms with Crippen molar-refractivity contribution in [2.45, 2.75) is 38.1 Å². The predicted octanol–water partition coefficient (Wildman–Crippen LogP) is 2.58. The molecule has 1 saturated heterocycles. The quantitative estimate of drug-likeness (QED) is 0.612. The van der Waals surface area contributed by atoms with Gasteiger partial charge in [-0.1, -0.05) is 18.2 Å². The molecule has 9 heteroatoms. The zero-order chi connectivity index (χ0) is 20.1. The number of aryl methyl sites for hydroxylation is 1. The molecule has 0 spiro atoms. The van der Waals surface area contributed by atoms with Crippen LogP contribution in [0.5, 0.6) is 0 Å². The summed E-state index contributed by atoms with van der Waals surface area (Å²) in [5.74, 6) is 1.38. The fraction of sp³-hybridized carbons (Fsp3) is 0.400. The SMILES string of the molecule is Cc1cccc2c1NC(c1nc(C3CCN(C(=O)O)CC3)n3ncnc(N)c13)C2. The van der Waals surface area contributed by atoms with Crippen molar-refractivity contribution in [2.24, 2.45) is 0 Å². The standard InChI is InChI=1S/C20H23N7O2/c1-11-3-2-4-13-9-14(24-15(11)13)16-17-18(21)22-10-23-27(17)19(25-16)12-5-7-26(8-6-12)20(28)29/h2-4,10,12,14,24H,5-9H2,1H3,(H,28,29)(H2,21,22,23). The van der Waals surface area contributed by atoms with Crippen LogP contribution in [0.4, 0.5) is 16.3 Å². The van der Waals surface area contributed by atoms with Crippen LogP contribution in [0, 0.1) is 6.92 Å². The molecule has 150 valence electrons. The van der Waals surface area contributed by atoms with E-state index in [-0.39, 0.29) is 12.0 Å². The summed E-state index contributed by atoms with van der Waals surface area (Å²) in [6.45, 7) is 3.09. The molecule has 0 radical (unpaired) electrons. The largest absolute Gasteiger partial charge is 0.465 e. The van der Waals surface area contributed by atoms with Gasteiger partial charge in [-0.2, -0.15) is 5.10 Å². The summed E-state index contributed by atoms with van der Waals surface area (Å²) in [7, 11) is 0. The van der Waals surface area contributed by atoms with Crippen LogP contribution in [0.3, 0.4) is 0 Å². The Bertz CT molecular complexity index is 1100. The highest BCUT2D eigenvalue weighted by molar-refractivity contribution is 5.72. The van der Waals surface area contributed by atoms with Gasteiger partial charge < -0.3 is 21.1 Å². The van der Waals surface area contributed by atoms with Gasteiger partial charge >= 0.3 is 6.09 Å². The van der Waals surface area contributed by atoms with E-state index < -0.39 is 6.09 Å². The first kappa shape index (κ1) is 17.7. The highest BCUT2D eigenvalue weighted by Crippen LogP contribution is 2.39. The zero-order valence-corrected chi connectivity index (χ0v) is 16.2. The van der Waals surface area contributed by atoms with Crippen LogP contribution in [0.15, 0.2) is 24.5 Å². The molecule has 1 aromatic carbocycles. The van der Waals surface area contributed by atoms with Crippen molar-refractivity contribution >= 4 is 23.1 Å². The molecule has 4 heterocycles. The van der Waals surface area contributed by atoms with Gasteiger partial charge in [0.05, 0.1) is 11.7 Å². The molecule has 2 aliphatic heterocycles. The number of nitrogens with two attached hydrogens (primary N) is 1. The Balaban J connectivity index is 1.53. The van der Waals surface area contributed by atoms with E-state index in [4.69, 9.17) is 10.7 Å². The molecule has 1 atom stereocenters. The normalized spacial score (nSPS) is 19.3. The van der Waals surface area contributed by atoms with Crippen LogP contribution in [-0.4, -0.2) is 48.8 Å². The molecule has 1 fully saturated rings. The van der Waals surface area contributed by atoms with E-state index in [1.165, 1.54) is 22.4 Å². The summed E-state index contributed by atoms with van der Waals surface area (Å²) in [6, 6.07) is 6.30. The Labute approximate surface area is 167 Å². The minimum atomic E-state index is -0.869. The third-order valence-electron chi connectivity index (χ3n) is 6.08. The van der Waals surface area contributed by atoms with E-state index >= 15 is 0 Å². The van der Waals surface area contributed by atoms with Gasteiger partial charge in [0, 0.05) is 31.1 Å². The summed E-state index contributed by atoms with van der Waals surface area (Å²) in [5.41, 5.74) is 11.5. The number of carboxylic acid groups (broad SMARTS) is 1. The molecular formula is C20H23N7O2. The van der Waals surface area contributed by atoms with Crippen molar-refractivity contribution in [1.29, 1.82) is 0 Å². The average molecular weight is 393 g/mol. The van der Waals surface area contributed by atoms with Crippen molar-refractivity contribution in [3.8, 4) is 0 Å². The Morgan fingerprint density at radius 1 is 1.31 bits per heavy atom. The van der Waals surface area contributed by atoms with Crippen LogP contribution in [0.25, 0.3) is 5.52 Å². The first-order valence-electron chi connectivity index (χ1n) is 9.85. The van der Waals surface area contributed by atoms with Gasteiger partial charge in [-0.25, -0.2) is 19.3 Å². The maximum Gasteiger partial charge on any atom is 0.407 e. The van der Waals surface area contributed by atoms with Gasteiger partial charge in [-0.15, -0.1) is 0 Å². The number of para-hydroxylation sites is 1. The number of hydrogen-bond acceptors (Lipinski definition) is 6. The van der Waals surface area contributed by atoms with E-state index in [0.717, 1.165) is 29.1 Å². The summed E-state index contributed by atoms with van der Waals surface area (Å²) in [4.78, 5) is 21.9. The fourth-order valence-electron chi connectivity index (χ4n) is 4.56. The summed E-state index contributed by atoms with van der Waals surface area (Å²) in [6.07, 6.45) is 2.84. The maximum absolute atomic E-state index is 11.2. The van der Waals surface area contributed by atoms with Crippen LogP contribution < -0.4 is 11.1 Å². The number of piperidine rings is 1. The molecule has 0 saturated carbocycles. The molecule has 1 unspecified atom stereocenters. The summed E-state index contributed by atoms with van der Waals surface area (Å²) >= 11 is 0. The van der Waals surface area contributed by atoms with Crippen molar-refractivity contribution < 1.29 is 9.90 Å².